The summed E-state index contributed by atoms with van der Waals surface area (Å²) >= 11 is 0. The lowest BCUT2D eigenvalue weighted by Crippen LogP contribution is -2.47. The maximum atomic E-state index is 12.8. The molecule has 0 N–H and O–H groups in total. The SMILES string of the molecule is CCC1OCCC1C(=O)C1CCOC2(CCOCC2)C1. The van der Waals surface area contributed by atoms with Gasteiger partial charge in [-0.1, -0.05) is 6.92 Å². The monoisotopic (exact) mass is 282 g/mol. The van der Waals surface area contributed by atoms with Gasteiger partial charge in [-0.15, -0.1) is 0 Å². The summed E-state index contributed by atoms with van der Waals surface area (Å²) in [5, 5.41) is 0. The van der Waals surface area contributed by atoms with Crippen molar-refractivity contribution in [3.8, 4) is 0 Å². The molecular formula is C16H26O4. The van der Waals surface area contributed by atoms with E-state index in [1.54, 1.807) is 0 Å². The smallest absolute Gasteiger partial charge is 0.141 e. The van der Waals surface area contributed by atoms with E-state index in [0.29, 0.717) is 5.78 Å². The Morgan fingerprint density at radius 3 is 2.70 bits per heavy atom. The molecule has 4 nitrogen and oxygen atoms in total. The highest BCUT2D eigenvalue weighted by atomic mass is 16.5. The van der Waals surface area contributed by atoms with E-state index in [1.807, 2.05) is 0 Å². The predicted molar refractivity (Wildman–Crippen MR) is 74.6 cm³/mol. The lowest BCUT2D eigenvalue weighted by molar-refractivity contribution is -0.159. The molecule has 4 heteroatoms. The second-order valence-corrected chi connectivity index (χ2v) is 6.45. The molecule has 3 unspecified atom stereocenters. The van der Waals surface area contributed by atoms with Gasteiger partial charge in [-0.05, 0) is 38.5 Å². The Labute approximate surface area is 121 Å². The first-order valence-corrected chi connectivity index (χ1v) is 8.11. The van der Waals surface area contributed by atoms with E-state index in [1.165, 1.54) is 0 Å². The second-order valence-electron chi connectivity index (χ2n) is 6.45. The number of carbonyl (C=O) groups is 1. The van der Waals surface area contributed by atoms with Crippen LogP contribution in [0.25, 0.3) is 0 Å². The van der Waals surface area contributed by atoms with E-state index in [0.717, 1.165) is 65.0 Å². The van der Waals surface area contributed by atoms with Crippen molar-refractivity contribution < 1.29 is 19.0 Å². The molecule has 3 aliphatic rings. The Kier molecular flexibility index (Phi) is 4.43. The lowest BCUT2D eigenvalue weighted by Gasteiger charge is -2.43. The molecule has 1 spiro atoms. The minimum atomic E-state index is -0.0853. The van der Waals surface area contributed by atoms with Crippen molar-refractivity contribution in [2.24, 2.45) is 11.8 Å². The molecule has 0 radical (unpaired) electrons. The van der Waals surface area contributed by atoms with Crippen LogP contribution in [-0.4, -0.2) is 43.9 Å². The van der Waals surface area contributed by atoms with Gasteiger partial charge in [0.15, 0.2) is 0 Å². The average Bonchev–Trinajstić information content (AvgIpc) is 2.96. The Morgan fingerprint density at radius 1 is 1.15 bits per heavy atom. The first-order valence-electron chi connectivity index (χ1n) is 8.11. The van der Waals surface area contributed by atoms with Crippen LogP contribution >= 0.6 is 0 Å². The number of rotatable bonds is 3. The molecule has 0 aromatic rings. The number of hydrogen-bond acceptors (Lipinski definition) is 4. The molecule has 3 fully saturated rings. The largest absolute Gasteiger partial charge is 0.381 e. The van der Waals surface area contributed by atoms with Crippen molar-refractivity contribution in [1.82, 2.24) is 0 Å². The Bertz CT molecular complexity index is 343. The third-order valence-corrected chi connectivity index (χ3v) is 5.28. The average molecular weight is 282 g/mol. The van der Waals surface area contributed by atoms with E-state index < -0.39 is 0 Å². The molecule has 0 aromatic heterocycles. The normalized spacial score (nSPS) is 37.1. The van der Waals surface area contributed by atoms with E-state index in [4.69, 9.17) is 14.2 Å². The molecule has 0 bridgehead atoms. The molecule has 0 amide bonds. The van der Waals surface area contributed by atoms with Gasteiger partial charge in [0.1, 0.15) is 5.78 Å². The molecule has 0 aliphatic carbocycles. The fourth-order valence-corrected chi connectivity index (χ4v) is 4.04. The first kappa shape index (κ1) is 14.5. The van der Waals surface area contributed by atoms with Crippen molar-refractivity contribution in [2.75, 3.05) is 26.4 Å². The molecule has 3 atom stereocenters. The van der Waals surface area contributed by atoms with Gasteiger partial charge in [-0.25, -0.2) is 0 Å². The fourth-order valence-electron chi connectivity index (χ4n) is 4.04. The number of hydrogen-bond donors (Lipinski definition) is 0. The zero-order chi connectivity index (χ0) is 14.0. The van der Waals surface area contributed by atoms with E-state index in [9.17, 15) is 4.79 Å². The quantitative estimate of drug-likeness (QED) is 0.797. The van der Waals surface area contributed by atoms with Crippen LogP contribution in [0.4, 0.5) is 0 Å². The van der Waals surface area contributed by atoms with Gasteiger partial charge in [0, 0.05) is 38.3 Å². The van der Waals surface area contributed by atoms with Crippen LogP contribution in [0.2, 0.25) is 0 Å². The maximum Gasteiger partial charge on any atom is 0.141 e. The Morgan fingerprint density at radius 2 is 1.95 bits per heavy atom. The van der Waals surface area contributed by atoms with Crippen LogP contribution in [0, 0.1) is 11.8 Å². The van der Waals surface area contributed by atoms with Gasteiger partial charge >= 0.3 is 0 Å². The van der Waals surface area contributed by atoms with Crippen LogP contribution in [-0.2, 0) is 19.0 Å². The summed E-state index contributed by atoms with van der Waals surface area (Å²) in [7, 11) is 0. The Hall–Kier alpha value is -0.450. The summed E-state index contributed by atoms with van der Waals surface area (Å²) in [4.78, 5) is 12.8. The summed E-state index contributed by atoms with van der Waals surface area (Å²) in [5.41, 5.74) is -0.0853. The molecule has 0 aromatic carbocycles. The van der Waals surface area contributed by atoms with Crippen molar-refractivity contribution >= 4 is 5.78 Å². The number of ether oxygens (including phenoxy) is 3. The summed E-state index contributed by atoms with van der Waals surface area (Å²) in [6.45, 7) is 5.12. The molecule has 3 saturated heterocycles. The predicted octanol–water partition coefficient (Wildman–Crippen LogP) is 2.35. The third kappa shape index (κ3) is 2.78. The molecule has 3 heterocycles. The molecule has 114 valence electrons. The van der Waals surface area contributed by atoms with Crippen molar-refractivity contribution in [2.45, 2.75) is 57.2 Å². The van der Waals surface area contributed by atoms with Crippen LogP contribution in [0.15, 0.2) is 0 Å². The van der Waals surface area contributed by atoms with Crippen LogP contribution in [0.3, 0.4) is 0 Å². The van der Waals surface area contributed by atoms with E-state index in [-0.39, 0.29) is 23.5 Å². The zero-order valence-corrected chi connectivity index (χ0v) is 12.4. The Balaban J connectivity index is 1.65. The van der Waals surface area contributed by atoms with Gasteiger partial charge in [-0.2, -0.15) is 0 Å². The topological polar surface area (TPSA) is 44.8 Å². The maximum absolute atomic E-state index is 12.8. The van der Waals surface area contributed by atoms with Gasteiger partial charge in [-0.3, -0.25) is 4.79 Å². The molecular weight excluding hydrogens is 256 g/mol. The minimum Gasteiger partial charge on any atom is -0.381 e. The number of carbonyl (C=O) groups excluding carboxylic acids is 1. The summed E-state index contributed by atoms with van der Waals surface area (Å²) in [6, 6.07) is 0. The highest BCUT2D eigenvalue weighted by molar-refractivity contribution is 5.84. The number of Topliss-reactive ketones (excluding diaryl/α,β-unsaturated/α-hetero) is 1. The summed E-state index contributed by atoms with van der Waals surface area (Å²) in [6.07, 6.45) is 5.65. The van der Waals surface area contributed by atoms with Gasteiger partial charge in [0.2, 0.25) is 0 Å². The molecule has 3 aliphatic heterocycles. The van der Waals surface area contributed by atoms with E-state index in [2.05, 4.69) is 6.92 Å². The van der Waals surface area contributed by atoms with Crippen LogP contribution < -0.4 is 0 Å². The molecule has 0 saturated carbocycles. The lowest BCUT2D eigenvalue weighted by atomic mass is 9.75. The highest BCUT2D eigenvalue weighted by Crippen LogP contribution is 2.39. The second kappa shape index (κ2) is 6.12. The molecule has 3 rings (SSSR count). The van der Waals surface area contributed by atoms with Gasteiger partial charge < -0.3 is 14.2 Å². The summed E-state index contributed by atoms with van der Waals surface area (Å²) < 4.78 is 17.2. The molecule has 20 heavy (non-hydrogen) atoms. The minimum absolute atomic E-state index is 0.0853. The van der Waals surface area contributed by atoms with Crippen LogP contribution in [0.5, 0.6) is 0 Å². The van der Waals surface area contributed by atoms with E-state index >= 15 is 0 Å². The van der Waals surface area contributed by atoms with Gasteiger partial charge in [0.05, 0.1) is 11.7 Å². The summed E-state index contributed by atoms with van der Waals surface area (Å²) in [5.74, 6) is 0.728. The van der Waals surface area contributed by atoms with Crippen LogP contribution in [0.1, 0.15) is 45.4 Å². The third-order valence-electron chi connectivity index (χ3n) is 5.28. The van der Waals surface area contributed by atoms with Crippen molar-refractivity contribution in [1.29, 1.82) is 0 Å². The standard InChI is InChI=1S/C16H26O4/c1-2-14-13(4-7-19-14)15(17)12-3-8-20-16(11-12)5-9-18-10-6-16/h12-14H,2-11H2,1H3. The first-order chi connectivity index (χ1) is 9.74. The zero-order valence-electron chi connectivity index (χ0n) is 12.4. The van der Waals surface area contributed by atoms with Crippen molar-refractivity contribution in [3.05, 3.63) is 0 Å². The number of ketones is 1. The fraction of sp³-hybridized carbons (Fsp3) is 0.938. The van der Waals surface area contributed by atoms with Gasteiger partial charge in [0.25, 0.3) is 0 Å². The van der Waals surface area contributed by atoms with Crippen molar-refractivity contribution in [3.63, 3.8) is 0 Å². The highest BCUT2D eigenvalue weighted by Gasteiger charge is 2.44.